The van der Waals surface area contributed by atoms with Crippen LogP contribution in [0.1, 0.15) is 13.8 Å². The summed E-state index contributed by atoms with van der Waals surface area (Å²) in [5.74, 6) is 0.255. The van der Waals surface area contributed by atoms with E-state index >= 15 is 0 Å². The average Bonchev–Trinajstić information content (AvgIpc) is 1.98. The normalized spacial score (nSPS) is 11.0. The van der Waals surface area contributed by atoms with Crippen LogP contribution in [0.25, 0.3) is 0 Å². The fourth-order valence-electron chi connectivity index (χ4n) is 0.470. The quantitative estimate of drug-likeness (QED) is 0.455. The Bertz CT molecular complexity index is 152. The van der Waals surface area contributed by atoms with Crippen LogP contribution in [0.2, 0.25) is 0 Å². The van der Waals surface area contributed by atoms with Gasteiger partial charge in [-0.1, -0.05) is 19.9 Å². The minimum absolute atomic E-state index is 0.138. The van der Waals surface area contributed by atoms with Gasteiger partial charge >= 0.3 is 0 Å². The Hall–Kier alpha value is -0.830. The lowest BCUT2D eigenvalue weighted by molar-refractivity contribution is -0.162. The van der Waals surface area contributed by atoms with Gasteiger partial charge in [0, 0.05) is 13.1 Å². The van der Waals surface area contributed by atoms with Gasteiger partial charge in [-0.15, -0.1) is 0 Å². The average molecular weight is 157 g/mol. The first-order valence-electron chi connectivity index (χ1n) is 3.58. The van der Waals surface area contributed by atoms with E-state index in [4.69, 9.17) is 0 Å². The highest BCUT2D eigenvalue weighted by Crippen LogP contribution is 1.94. The Balaban J connectivity index is 3.86. The molecule has 0 aliphatic rings. The predicted molar refractivity (Wildman–Crippen MR) is 43.8 cm³/mol. The summed E-state index contributed by atoms with van der Waals surface area (Å²) in [6.07, 6.45) is 3.34. The maximum absolute atomic E-state index is 11.0. The Morgan fingerprint density at radius 1 is 1.55 bits per heavy atom. The smallest absolute Gasteiger partial charge is 0.269 e. The number of carbonyl (C=O) groups excluding carboxylic acids is 1. The number of rotatable bonds is 3. The van der Waals surface area contributed by atoms with Crippen molar-refractivity contribution < 1.29 is 9.63 Å². The van der Waals surface area contributed by atoms with E-state index in [0.717, 1.165) is 0 Å². The Morgan fingerprint density at radius 2 is 2.09 bits per heavy atom. The third-order valence-electron chi connectivity index (χ3n) is 1.21. The molecule has 0 bridgehead atoms. The molecule has 0 aromatic carbocycles. The first-order valence-corrected chi connectivity index (χ1v) is 3.58. The lowest BCUT2D eigenvalue weighted by atomic mass is 10.2. The van der Waals surface area contributed by atoms with E-state index in [9.17, 15) is 4.79 Å². The van der Waals surface area contributed by atoms with Gasteiger partial charge in [0.15, 0.2) is 0 Å². The molecule has 0 spiro atoms. The molecule has 0 atom stereocenters. The molecule has 3 nitrogen and oxygen atoms in total. The minimum Gasteiger partial charge on any atom is -0.274 e. The van der Waals surface area contributed by atoms with Gasteiger partial charge in [-0.05, 0) is 5.92 Å². The van der Waals surface area contributed by atoms with Crippen LogP contribution in [0, 0.1) is 5.92 Å². The molecule has 0 unspecified atom stereocenters. The molecule has 64 valence electrons. The number of hydroxylamine groups is 2. The summed E-state index contributed by atoms with van der Waals surface area (Å²) in [5.41, 5.74) is 0. The highest BCUT2D eigenvalue weighted by atomic mass is 16.7. The van der Waals surface area contributed by atoms with E-state index in [1.54, 1.807) is 7.05 Å². The Kier molecular flexibility index (Phi) is 4.54. The molecule has 11 heavy (non-hydrogen) atoms. The fourth-order valence-corrected chi connectivity index (χ4v) is 0.470. The van der Waals surface area contributed by atoms with Gasteiger partial charge in [0.2, 0.25) is 0 Å². The fraction of sp³-hybridized carbons (Fsp3) is 0.625. The third kappa shape index (κ3) is 4.56. The van der Waals surface area contributed by atoms with Gasteiger partial charge in [0.1, 0.15) is 0 Å². The van der Waals surface area contributed by atoms with Crippen LogP contribution < -0.4 is 0 Å². The Morgan fingerprint density at radius 3 is 2.45 bits per heavy atom. The maximum Gasteiger partial charge on any atom is 0.269 e. The summed E-state index contributed by atoms with van der Waals surface area (Å²) in [4.78, 5) is 15.7. The summed E-state index contributed by atoms with van der Waals surface area (Å²) in [6, 6.07) is 0. The van der Waals surface area contributed by atoms with Crippen LogP contribution in [-0.2, 0) is 9.63 Å². The molecule has 0 saturated carbocycles. The minimum atomic E-state index is -0.138. The van der Waals surface area contributed by atoms with Crippen LogP contribution in [0.4, 0.5) is 0 Å². The SMILES string of the molecule is CON(C)C(=O)/C=C/C(C)C. The van der Waals surface area contributed by atoms with Crippen LogP contribution >= 0.6 is 0 Å². The maximum atomic E-state index is 11.0. The monoisotopic (exact) mass is 157 g/mol. The highest BCUT2D eigenvalue weighted by molar-refractivity contribution is 5.86. The van der Waals surface area contributed by atoms with Crippen molar-refractivity contribution in [2.24, 2.45) is 5.92 Å². The van der Waals surface area contributed by atoms with Gasteiger partial charge in [-0.3, -0.25) is 9.63 Å². The zero-order valence-electron chi connectivity index (χ0n) is 7.50. The van der Waals surface area contributed by atoms with E-state index in [-0.39, 0.29) is 5.91 Å². The second-order valence-corrected chi connectivity index (χ2v) is 2.62. The molecule has 0 rings (SSSR count). The van der Waals surface area contributed by atoms with Crippen LogP contribution in [0.3, 0.4) is 0 Å². The standard InChI is InChI=1S/C8H15NO2/c1-7(2)5-6-8(10)9(3)11-4/h5-7H,1-4H3/b6-5+. The lowest BCUT2D eigenvalue weighted by Crippen LogP contribution is -2.23. The number of hydrogen-bond donors (Lipinski definition) is 0. The molecule has 1 amide bonds. The molecule has 0 aliphatic carbocycles. The van der Waals surface area contributed by atoms with E-state index < -0.39 is 0 Å². The van der Waals surface area contributed by atoms with E-state index in [0.29, 0.717) is 5.92 Å². The van der Waals surface area contributed by atoms with Crippen molar-refractivity contribution in [1.29, 1.82) is 0 Å². The molecule has 0 aromatic heterocycles. The van der Waals surface area contributed by atoms with E-state index in [2.05, 4.69) is 4.84 Å². The molecule has 0 aromatic rings. The second-order valence-electron chi connectivity index (χ2n) is 2.62. The van der Waals surface area contributed by atoms with Crippen LogP contribution in [0.15, 0.2) is 12.2 Å². The first-order chi connectivity index (χ1) is 5.07. The van der Waals surface area contributed by atoms with Crippen LogP contribution in [0.5, 0.6) is 0 Å². The van der Waals surface area contributed by atoms with Gasteiger partial charge in [-0.2, -0.15) is 0 Å². The van der Waals surface area contributed by atoms with Crippen molar-refractivity contribution in [2.75, 3.05) is 14.2 Å². The molecule has 0 saturated heterocycles. The van der Waals surface area contributed by atoms with E-state index in [1.807, 2.05) is 19.9 Å². The number of allylic oxidation sites excluding steroid dienone is 1. The van der Waals surface area contributed by atoms with Gasteiger partial charge in [-0.25, -0.2) is 5.06 Å². The number of hydrogen-bond acceptors (Lipinski definition) is 2. The molecule has 0 radical (unpaired) electrons. The topological polar surface area (TPSA) is 29.5 Å². The molecule has 0 N–H and O–H groups in total. The highest BCUT2D eigenvalue weighted by Gasteiger charge is 2.01. The molecule has 3 heteroatoms. The van der Waals surface area contributed by atoms with E-state index in [1.165, 1.54) is 18.2 Å². The molecular formula is C8H15NO2. The van der Waals surface area contributed by atoms with Gasteiger partial charge in [0.25, 0.3) is 5.91 Å². The summed E-state index contributed by atoms with van der Waals surface area (Å²) in [6.45, 7) is 4.02. The zero-order valence-corrected chi connectivity index (χ0v) is 7.50. The summed E-state index contributed by atoms with van der Waals surface area (Å²) in [7, 11) is 3.04. The summed E-state index contributed by atoms with van der Waals surface area (Å²) < 4.78 is 0. The molecular weight excluding hydrogens is 142 g/mol. The summed E-state index contributed by atoms with van der Waals surface area (Å²) in [5, 5.41) is 1.18. The van der Waals surface area contributed by atoms with Crippen molar-refractivity contribution in [3.63, 3.8) is 0 Å². The van der Waals surface area contributed by atoms with Gasteiger partial charge in [0.05, 0.1) is 7.11 Å². The van der Waals surface area contributed by atoms with Crippen molar-refractivity contribution >= 4 is 5.91 Å². The lowest BCUT2D eigenvalue weighted by Gasteiger charge is -2.10. The second kappa shape index (κ2) is 4.91. The van der Waals surface area contributed by atoms with Crippen molar-refractivity contribution in [3.05, 3.63) is 12.2 Å². The van der Waals surface area contributed by atoms with Crippen molar-refractivity contribution in [1.82, 2.24) is 5.06 Å². The Labute approximate surface area is 67.6 Å². The third-order valence-corrected chi connectivity index (χ3v) is 1.21. The summed E-state index contributed by atoms with van der Waals surface area (Å²) >= 11 is 0. The molecule has 0 heterocycles. The number of nitrogens with zero attached hydrogens (tertiary/aromatic N) is 1. The van der Waals surface area contributed by atoms with Crippen molar-refractivity contribution in [2.45, 2.75) is 13.8 Å². The molecule has 0 fully saturated rings. The molecule has 0 aliphatic heterocycles. The predicted octanol–water partition coefficient (Wildman–Crippen LogP) is 1.22. The first kappa shape index (κ1) is 10.2. The number of carbonyl (C=O) groups is 1. The van der Waals surface area contributed by atoms with Crippen molar-refractivity contribution in [3.8, 4) is 0 Å². The number of likely N-dealkylation sites (N-methyl/N-ethyl adjacent to an activating group) is 1. The number of amides is 1. The van der Waals surface area contributed by atoms with Gasteiger partial charge < -0.3 is 0 Å². The van der Waals surface area contributed by atoms with Crippen LogP contribution in [-0.4, -0.2) is 25.1 Å². The largest absolute Gasteiger partial charge is 0.274 e. The zero-order chi connectivity index (χ0) is 8.85.